The molecule has 0 unspecified atom stereocenters. The number of hydrogen-bond donors (Lipinski definition) is 1. The highest BCUT2D eigenvalue weighted by Gasteiger charge is 2.46. The molecule has 174 valence electrons. The first-order valence-electron chi connectivity index (χ1n) is 10.9. The summed E-state index contributed by atoms with van der Waals surface area (Å²) < 4.78 is 10.6. The van der Waals surface area contributed by atoms with Gasteiger partial charge in [-0.05, 0) is 30.7 Å². The summed E-state index contributed by atoms with van der Waals surface area (Å²) in [6.07, 6.45) is 0. The SMILES string of the molecule is COc1ccc(/C(O)=C2\C(=O)C(=O)N(CCN3CCOCC3)[C@@H]2c2ccc(C)cc2)cc1Cl. The lowest BCUT2D eigenvalue weighted by Gasteiger charge is -2.31. The Morgan fingerprint density at radius 1 is 1.12 bits per heavy atom. The van der Waals surface area contributed by atoms with Gasteiger partial charge < -0.3 is 19.5 Å². The molecule has 2 aliphatic rings. The molecule has 2 aliphatic heterocycles. The third-order valence-corrected chi connectivity index (χ3v) is 6.41. The van der Waals surface area contributed by atoms with Crippen molar-refractivity contribution in [3.05, 3.63) is 69.8 Å². The lowest BCUT2D eigenvalue weighted by atomic mass is 9.94. The van der Waals surface area contributed by atoms with Crippen molar-refractivity contribution in [2.75, 3.05) is 46.5 Å². The zero-order chi connectivity index (χ0) is 23.5. The van der Waals surface area contributed by atoms with Gasteiger partial charge in [0.1, 0.15) is 11.5 Å². The molecule has 2 aromatic rings. The van der Waals surface area contributed by atoms with Crippen molar-refractivity contribution in [2.24, 2.45) is 0 Å². The molecule has 0 spiro atoms. The van der Waals surface area contributed by atoms with Crippen LogP contribution < -0.4 is 4.74 Å². The molecule has 8 heteroatoms. The third-order valence-electron chi connectivity index (χ3n) is 6.12. The number of benzene rings is 2. The van der Waals surface area contributed by atoms with Crippen molar-refractivity contribution < 1.29 is 24.2 Å². The number of halogens is 1. The van der Waals surface area contributed by atoms with Crippen molar-refractivity contribution >= 4 is 29.1 Å². The Hall–Kier alpha value is -2.87. The first-order chi connectivity index (χ1) is 15.9. The second kappa shape index (κ2) is 9.95. The van der Waals surface area contributed by atoms with E-state index < -0.39 is 17.7 Å². The maximum Gasteiger partial charge on any atom is 0.295 e. The van der Waals surface area contributed by atoms with Gasteiger partial charge in [0.15, 0.2) is 0 Å². The van der Waals surface area contributed by atoms with E-state index in [0.717, 1.165) is 24.2 Å². The predicted octanol–water partition coefficient (Wildman–Crippen LogP) is 3.41. The van der Waals surface area contributed by atoms with Crippen LogP contribution in [0.25, 0.3) is 5.76 Å². The number of rotatable bonds is 6. The first kappa shape index (κ1) is 23.3. The van der Waals surface area contributed by atoms with Crippen LogP contribution in [0.1, 0.15) is 22.7 Å². The monoisotopic (exact) mass is 470 g/mol. The van der Waals surface area contributed by atoms with E-state index >= 15 is 0 Å². The second-order valence-electron chi connectivity index (χ2n) is 8.21. The van der Waals surface area contributed by atoms with Crippen molar-refractivity contribution in [3.8, 4) is 5.75 Å². The fraction of sp³-hybridized carbons (Fsp3) is 0.360. The van der Waals surface area contributed by atoms with Crippen molar-refractivity contribution in [3.63, 3.8) is 0 Å². The Kier molecular flexibility index (Phi) is 7.02. The summed E-state index contributed by atoms with van der Waals surface area (Å²) in [6.45, 7) is 5.82. The van der Waals surface area contributed by atoms with Gasteiger partial charge in [0.2, 0.25) is 0 Å². The van der Waals surface area contributed by atoms with Gasteiger partial charge in [-0.25, -0.2) is 0 Å². The van der Waals surface area contributed by atoms with Crippen molar-refractivity contribution in [2.45, 2.75) is 13.0 Å². The summed E-state index contributed by atoms with van der Waals surface area (Å²) in [6, 6.07) is 11.7. The number of nitrogens with zero attached hydrogens (tertiary/aromatic N) is 2. The average Bonchev–Trinajstić information content (AvgIpc) is 3.08. The number of carbonyl (C=O) groups is 2. The maximum atomic E-state index is 13.1. The Bertz CT molecular complexity index is 1080. The van der Waals surface area contributed by atoms with Crippen LogP contribution in [0.3, 0.4) is 0 Å². The van der Waals surface area contributed by atoms with Gasteiger partial charge >= 0.3 is 0 Å². The van der Waals surface area contributed by atoms with E-state index in [0.29, 0.717) is 42.6 Å². The molecule has 2 heterocycles. The van der Waals surface area contributed by atoms with E-state index in [1.165, 1.54) is 13.2 Å². The maximum absolute atomic E-state index is 13.1. The van der Waals surface area contributed by atoms with Crippen LogP contribution in [0, 0.1) is 6.92 Å². The van der Waals surface area contributed by atoms with Gasteiger partial charge in [-0.2, -0.15) is 0 Å². The van der Waals surface area contributed by atoms with Crippen LogP contribution in [0.5, 0.6) is 5.75 Å². The zero-order valence-corrected chi connectivity index (χ0v) is 19.5. The molecular formula is C25H27ClN2O5. The molecular weight excluding hydrogens is 444 g/mol. The molecule has 2 saturated heterocycles. The number of aryl methyl sites for hydroxylation is 1. The molecule has 0 saturated carbocycles. The number of amides is 1. The summed E-state index contributed by atoms with van der Waals surface area (Å²) in [5, 5.41) is 11.5. The summed E-state index contributed by atoms with van der Waals surface area (Å²) in [5.41, 5.74) is 2.24. The molecule has 0 aromatic heterocycles. The molecule has 2 fully saturated rings. The van der Waals surface area contributed by atoms with E-state index in [1.54, 1.807) is 17.0 Å². The number of methoxy groups -OCH3 is 1. The lowest BCUT2D eigenvalue weighted by Crippen LogP contribution is -2.42. The molecule has 33 heavy (non-hydrogen) atoms. The van der Waals surface area contributed by atoms with E-state index in [4.69, 9.17) is 21.1 Å². The Morgan fingerprint density at radius 3 is 2.45 bits per heavy atom. The Morgan fingerprint density at radius 2 is 1.82 bits per heavy atom. The van der Waals surface area contributed by atoms with E-state index in [9.17, 15) is 14.7 Å². The second-order valence-corrected chi connectivity index (χ2v) is 8.61. The fourth-order valence-electron chi connectivity index (χ4n) is 4.25. The molecule has 1 atom stereocenters. The lowest BCUT2D eigenvalue weighted by molar-refractivity contribution is -0.140. The molecule has 0 bridgehead atoms. The summed E-state index contributed by atoms with van der Waals surface area (Å²) >= 11 is 6.24. The van der Waals surface area contributed by atoms with Crippen LogP contribution in [-0.2, 0) is 14.3 Å². The number of hydrogen-bond acceptors (Lipinski definition) is 6. The summed E-state index contributed by atoms with van der Waals surface area (Å²) in [7, 11) is 1.50. The normalized spacial score (nSPS) is 20.9. The van der Waals surface area contributed by atoms with Crippen LogP contribution in [0.15, 0.2) is 48.0 Å². The summed E-state index contributed by atoms with van der Waals surface area (Å²) in [5.74, 6) is -1.12. The van der Waals surface area contributed by atoms with Gasteiger partial charge in [0, 0.05) is 31.7 Å². The van der Waals surface area contributed by atoms with Crippen LogP contribution in [0.4, 0.5) is 0 Å². The van der Waals surface area contributed by atoms with Gasteiger partial charge in [0.25, 0.3) is 11.7 Å². The zero-order valence-electron chi connectivity index (χ0n) is 18.7. The van der Waals surface area contributed by atoms with Crippen LogP contribution >= 0.6 is 11.6 Å². The number of likely N-dealkylation sites (tertiary alicyclic amines) is 1. The first-order valence-corrected chi connectivity index (χ1v) is 11.3. The molecule has 4 rings (SSSR count). The smallest absolute Gasteiger partial charge is 0.295 e. The topological polar surface area (TPSA) is 79.3 Å². The molecule has 7 nitrogen and oxygen atoms in total. The Labute approximate surface area is 198 Å². The van der Waals surface area contributed by atoms with Gasteiger partial charge in [-0.3, -0.25) is 14.5 Å². The predicted molar refractivity (Wildman–Crippen MR) is 125 cm³/mol. The van der Waals surface area contributed by atoms with E-state index in [-0.39, 0.29) is 11.3 Å². The average molecular weight is 471 g/mol. The standard InChI is InChI=1S/C25H27ClN2O5/c1-16-3-5-17(6-4-16)22-21(23(29)18-7-8-20(32-2)19(26)15-18)24(30)25(31)28(22)10-9-27-11-13-33-14-12-27/h3-8,15,22,29H,9-14H2,1-2H3/b23-21+/t22-/m1/s1. The number of morpholine rings is 1. The minimum Gasteiger partial charge on any atom is -0.507 e. The van der Waals surface area contributed by atoms with E-state index in [2.05, 4.69) is 4.90 Å². The highest BCUT2D eigenvalue weighted by Crippen LogP contribution is 2.40. The number of aliphatic hydroxyl groups is 1. The molecule has 0 radical (unpaired) electrons. The van der Waals surface area contributed by atoms with E-state index in [1.807, 2.05) is 31.2 Å². The fourth-order valence-corrected chi connectivity index (χ4v) is 4.51. The Balaban J connectivity index is 1.74. The molecule has 2 aromatic carbocycles. The van der Waals surface area contributed by atoms with Crippen LogP contribution in [0.2, 0.25) is 5.02 Å². The largest absolute Gasteiger partial charge is 0.507 e. The molecule has 1 N–H and O–H groups in total. The number of ether oxygens (including phenoxy) is 2. The number of Topliss-reactive ketones (excluding diaryl/α,β-unsaturated/α-hetero) is 1. The van der Waals surface area contributed by atoms with Gasteiger partial charge in [0.05, 0.1) is 37.0 Å². The van der Waals surface area contributed by atoms with Crippen molar-refractivity contribution in [1.29, 1.82) is 0 Å². The third kappa shape index (κ3) is 4.76. The molecule has 0 aliphatic carbocycles. The quantitative estimate of drug-likeness (QED) is 0.396. The van der Waals surface area contributed by atoms with Gasteiger partial charge in [-0.1, -0.05) is 41.4 Å². The minimum atomic E-state index is -0.702. The number of aliphatic hydroxyl groups excluding tert-OH is 1. The number of ketones is 1. The van der Waals surface area contributed by atoms with Crippen molar-refractivity contribution in [1.82, 2.24) is 9.80 Å². The highest BCUT2D eigenvalue weighted by atomic mass is 35.5. The highest BCUT2D eigenvalue weighted by molar-refractivity contribution is 6.46. The molecule has 1 amide bonds. The number of carbonyl (C=O) groups excluding carboxylic acids is 2. The minimum absolute atomic E-state index is 0.0621. The van der Waals surface area contributed by atoms with Crippen LogP contribution in [-0.4, -0.2) is 73.1 Å². The summed E-state index contributed by atoms with van der Waals surface area (Å²) in [4.78, 5) is 30.0. The van der Waals surface area contributed by atoms with Gasteiger partial charge in [-0.15, -0.1) is 0 Å².